The lowest BCUT2D eigenvalue weighted by Gasteiger charge is -2.32. The molecular formula is C30H48O8. The van der Waals surface area contributed by atoms with Crippen LogP contribution in [0, 0.1) is 17.8 Å². The van der Waals surface area contributed by atoms with E-state index in [9.17, 15) is 24.9 Å². The summed E-state index contributed by atoms with van der Waals surface area (Å²) in [6.07, 6.45) is 8.50. The van der Waals surface area contributed by atoms with Gasteiger partial charge in [0, 0.05) is 18.8 Å². The normalized spacial score (nSPS) is 35.5. The van der Waals surface area contributed by atoms with E-state index >= 15 is 0 Å². The monoisotopic (exact) mass is 536 g/mol. The third kappa shape index (κ3) is 9.95. The Balaban J connectivity index is 2.12. The molecule has 1 fully saturated rings. The fraction of sp³-hybridized carbons (Fsp3) is 0.733. The van der Waals surface area contributed by atoms with Crippen molar-refractivity contribution in [2.45, 2.75) is 123 Å². The molecule has 2 unspecified atom stereocenters. The van der Waals surface area contributed by atoms with Crippen LogP contribution < -0.4 is 0 Å². The lowest BCUT2D eigenvalue weighted by molar-refractivity contribution is -0.157. The van der Waals surface area contributed by atoms with Gasteiger partial charge in [0.25, 0.3) is 0 Å². The molecule has 0 aromatic rings. The molecule has 8 nitrogen and oxygen atoms in total. The summed E-state index contributed by atoms with van der Waals surface area (Å²) < 4.78 is 16.9. The van der Waals surface area contributed by atoms with E-state index in [1.165, 1.54) is 6.92 Å². The molecule has 0 saturated carbocycles. The van der Waals surface area contributed by atoms with E-state index in [1.807, 2.05) is 39.8 Å². The summed E-state index contributed by atoms with van der Waals surface area (Å²) in [5, 5.41) is 31.3. The van der Waals surface area contributed by atoms with Crippen molar-refractivity contribution >= 4 is 11.9 Å². The van der Waals surface area contributed by atoms with E-state index in [0.29, 0.717) is 0 Å². The molecule has 2 aliphatic rings. The van der Waals surface area contributed by atoms with Gasteiger partial charge in [-0.25, -0.2) is 0 Å². The first-order valence-corrected chi connectivity index (χ1v) is 13.9. The second kappa shape index (κ2) is 14.4. The molecule has 216 valence electrons. The number of cyclic esters (lactones) is 1. The number of hydrogen-bond donors (Lipinski definition) is 3. The summed E-state index contributed by atoms with van der Waals surface area (Å²) in [4.78, 5) is 24.2. The van der Waals surface area contributed by atoms with E-state index in [0.717, 1.165) is 18.4 Å². The van der Waals surface area contributed by atoms with Gasteiger partial charge in [-0.1, -0.05) is 52.0 Å². The fourth-order valence-corrected chi connectivity index (χ4v) is 4.97. The predicted molar refractivity (Wildman–Crippen MR) is 145 cm³/mol. The highest BCUT2D eigenvalue weighted by Gasteiger charge is 2.45. The maximum absolute atomic E-state index is 12.6. The Labute approximate surface area is 227 Å². The van der Waals surface area contributed by atoms with Crippen molar-refractivity contribution in [3.63, 3.8) is 0 Å². The van der Waals surface area contributed by atoms with Crippen LogP contribution in [0.2, 0.25) is 0 Å². The number of allylic oxidation sites excluding steroid dienone is 3. The average molecular weight is 537 g/mol. The van der Waals surface area contributed by atoms with Gasteiger partial charge in [-0.15, -0.1) is 0 Å². The molecule has 8 heteroatoms. The van der Waals surface area contributed by atoms with Gasteiger partial charge in [0.05, 0.1) is 30.8 Å². The SMILES string of the molecule is CC[C@H](O)[C@@H](C)[C@H]1O[C@@H]1C[C@H](C)/C=C/C=C(/C)C1OC(=O)C[C@H](O)CC[C@@](C)(O)C(OC(C)=O)C=C[C@@H]1C. The third-order valence-corrected chi connectivity index (χ3v) is 7.63. The maximum Gasteiger partial charge on any atom is 0.309 e. The van der Waals surface area contributed by atoms with E-state index in [2.05, 4.69) is 13.0 Å². The third-order valence-electron chi connectivity index (χ3n) is 7.63. The summed E-state index contributed by atoms with van der Waals surface area (Å²) in [5.74, 6) is -0.921. The van der Waals surface area contributed by atoms with Crippen LogP contribution >= 0.6 is 0 Å². The van der Waals surface area contributed by atoms with Crippen LogP contribution in [-0.4, -0.2) is 69.5 Å². The Hall–Kier alpha value is -2.00. The first-order valence-electron chi connectivity index (χ1n) is 13.9. The number of carbonyl (C=O) groups excluding carboxylic acids is 2. The van der Waals surface area contributed by atoms with Crippen LogP contribution in [-0.2, 0) is 23.8 Å². The van der Waals surface area contributed by atoms with E-state index in [4.69, 9.17) is 14.2 Å². The van der Waals surface area contributed by atoms with Crippen molar-refractivity contribution in [1.29, 1.82) is 0 Å². The van der Waals surface area contributed by atoms with Crippen LogP contribution in [0.3, 0.4) is 0 Å². The maximum atomic E-state index is 12.6. The number of epoxide rings is 1. The fourth-order valence-electron chi connectivity index (χ4n) is 4.97. The number of esters is 2. The van der Waals surface area contributed by atoms with Gasteiger partial charge in [0.1, 0.15) is 17.8 Å². The van der Waals surface area contributed by atoms with Gasteiger partial charge in [-0.05, 0) is 57.1 Å². The molecule has 0 bridgehead atoms. The van der Waals surface area contributed by atoms with Crippen molar-refractivity contribution in [3.05, 3.63) is 36.0 Å². The summed E-state index contributed by atoms with van der Waals surface area (Å²) >= 11 is 0. The van der Waals surface area contributed by atoms with Crippen LogP contribution in [0.5, 0.6) is 0 Å². The molecule has 0 radical (unpaired) electrons. The van der Waals surface area contributed by atoms with Crippen molar-refractivity contribution in [3.8, 4) is 0 Å². The number of ether oxygens (including phenoxy) is 3. The second-order valence-electron chi connectivity index (χ2n) is 11.4. The highest BCUT2D eigenvalue weighted by molar-refractivity contribution is 5.70. The Morgan fingerprint density at radius 1 is 1.29 bits per heavy atom. The van der Waals surface area contributed by atoms with Crippen LogP contribution in [0.15, 0.2) is 36.0 Å². The largest absolute Gasteiger partial charge is 0.457 e. The number of rotatable bonds is 9. The molecule has 0 amide bonds. The smallest absolute Gasteiger partial charge is 0.309 e. The topological polar surface area (TPSA) is 126 Å². The first-order chi connectivity index (χ1) is 17.7. The molecule has 1 saturated heterocycles. The van der Waals surface area contributed by atoms with Gasteiger partial charge < -0.3 is 29.5 Å². The Kier molecular flexibility index (Phi) is 12.2. The minimum Gasteiger partial charge on any atom is -0.457 e. The van der Waals surface area contributed by atoms with Crippen molar-refractivity contribution in [2.75, 3.05) is 0 Å². The minimum atomic E-state index is -1.40. The second-order valence-corrected chi connectivity index (χ2v) is 11.4. The lowest BCUT2D eigenvalue weighted by Crippen LogP contribution is -2.42. The predicted octanol–water partition coefficient (Wildman–Crippen LogP) is 4.02. The van der Waals surface area contributed by atoms with Crippen LogP contribution in [0.1, 0.15) is 80.6 Å². The standard InChI is InChI=1S/C30H48O8/c1-8-24(33)21(5)29-25(37-29)16-18(2)10-9-11-19(3)28-20(4)12-13-26(36-22(6)31)30(7,35)15-14-23(32)17-27(34)38-28/h9-13,18,20-21,23-26,28-29,32-33,35H,8,14-17H2,1-7H3/b10-9+,13-12?,19-11-/t18-,20+,21-,23-,24+,25-,26?,28?,29-,30-/m1/s1. The molecule has 2 rings (SSSR count). The van der Waals surface area contributed by atoms with Crippen LogP contribution in [0.25, 0.3) is 0 Å². The molecule has 0 aliphatic carbocycles. The Morgan fingerprint density at radius 2 is 1.97 bits per heavy atom. The van der Waals surface area contributed by atoms with Gasteiger partial charge in [0.15, 0.2) is 0 Å². The highest BCUT2D eigenvalue weighted by Crippen LogP contribution is 2.36. The average Bonchev–Trinajstić information content (AvgIpc) is 3.60. The van der Waals surface area contributed by atoms with Gasteiger partial charge in [-0.2, -0.15) is 0 Å². The molecule has 0 aromatic carbocycles. The van der Waals surface area contributed by atoms with E-state index in [-0.39, 0.29) is 55.3 Å². The molecule has 38 heavy (non-hydrogen) atoms. The zero-order valence-corrected chi connectivity index (χ0v) is 24.0. The summed E-state index contributed by atoms with van der Waals surface area (Å²) in [6.45, 7) is 12.7. The van der Waals surface area contributed by atoms with Gasteiger partial charge in [0.2, 0.25) is 0 Å². The summed E-state index contributed by atoms with van der Waals surface area (Å²) in [5.41, 5.74) is -0.580. The number of hydrogen-bond acceptors (Lipinski definition) is 8. The number of aliphatic hydroxyl groups excluding tert-OH is 2. The van der Waals surface area contributed by atoms with Gasteiger partial charge in [-0.3, -0.25) is 9.59 Å². The zero-order valence-electron chi connectivity index (χ0n) is 24.0. The van der Waals surface area contributed by atoms with E-state index in [1.54, 1.807) is 19.1 Å². The lowest BCUT2D eigenvalue weighted by atomic mass is 9.88. The highest BCUT2D eigenvalue weighted by atomic mass is 16.6. The van der Waals surface area contributed by atoms with E-state index < -0.39 is 35.9 Å². The first kappa shape index (κ1) is 32.2. The molecule has 2 aliphatic heterocycles. The molecule has 0 spiro atoms. The number of aliphatic hydroxyl groups is 3. The molecule has 10 atom stereocenters. The van der Waals surface area contributed by atoms with Crippen molar-refractivity contribution in [2.24, 2.45) is 17.8 Å². The van der Waals surface area contributed by atoms with Gasteiger partial charge >= 0.3 is 11.9 Å². The zero-order chi connectivity index (χ0) is 28.6. The van der Waals surface area contributed by atoms with Crippen LogP contribution in [0.4, 0.5) is 0 Å². The molecular weight excluding hydrogens is 488 g/mol. The Morgan fingerprint density at radius 3 is 2.61 bits per heavy atom. The van der Waals surface area contributed by atoms with Crippen molar-refractivity contribution < 1.29 is 39.1 Å². The molecule has 0 aromatic heterocycles. The summed E-state index contributed by atoms with van der Waals surface area (Å²) in [6, 6.07) is 0. The molecule has 2 heterocycles. The minimum absolute atomic E-state index is 0.105. The van der Waals surface area contributed by atoms with Crippen molar-refractivity contribution in [1.82, 2.24) is 0 Å². The quantitative estimate of drug-likeness (QED) is 0.175. The Bertz CT molecular complexity index is 875. The number of carbonyl (C=O) groups is 2. The molecule has 3 N–H and O–H groups in total. The summed E-state index contributed by atoms with van der Waals surface area (Å²) in [7, 11) is 0.